The van der Waals surface area contributed by atoms with Gasteiger partial charge in [-0.05, 0) is 52.2 Å². The molecular weight excluding hydrogens is 268 g/mol. The van der Waals surface area contributed by atoms with Gasteiger partial charge in [0.1, 0.15) is 5.60 Å². The first-order valence-electron chi connectivity index (χ1n) is 7.32. The molecule has 0 N–H and O–H groups in total. The maximum atomic E-state index is 12.3. The van der Waals surface area contributed by atoms with Crippen molar-refractivity contribution in [2.24, 2.45) is 0 Å². The van der Waals surface area contributed by atoms with Gasteiger partial charge in [-0.25, -0.2) is 9.78 Å². The molecule has 2 rings (SSSR count). The first-order valence-corrected chi connectivity index (χ1v) is 7.32. The Morgan fingerprint density at radius 1 is 1.43 bits per heavy atom. The summed E-state index contributed by atoms with van der Waals surface area (Å²) in [5, 5.41) is 0. The van der Waals surface area contributed by atoms with Gasteiger partial charge in [0, 0.05) is 18.3 Å². The molecule has 1 unspecified atom stereocenters. The highest BCUT2D eigenvalue weighted by Crippen LogP contribution is 2.34. The van der Waals surface area contributed by atoms with Crippen LogP contribution in [-0.4, -0.2) is 35.2 Å². The Morgan fingerprint density at radius 2 is 2.14 bits per heavy atom. The fourth-order valence-corrected chi connectivity index (χ4v) is 2.63. The van der Waals surface area contributed by atoms with Crippen LogP contribution in [-0.2, 0) is 4.74 Å². The summed E-state index contributed by atoms with van der Waals surface area (Å²) in [7, 11) is 1.61. The number of pyridine rings is 1. The molecule has 0 aromatic carbocycles. The molecule has 1 aliphatic rings. The quantitative estimate of drug-likeness (QED) is 0.837. The Morgan fingerprint density at radius 3 is 2.71 bits per heavy atom. The van der Waals surface area contributed by atoms with E-state index in [1.807, 2.05) is 33.8 Å². The highest BCUT2D eigenvalue weighted by Gasteiger charge is 2.33. The number of amides is 1. The number of carbonyl (C=O) groups is 1. The van der Waals surface area contributed by atoms with E-state index in [0.29, 0.717) is 5.88 Å². The highest BCUT2D eigenvalue weighted by atomic mass is 16.6. The predicted octanol–water partition coefficient (Wildman–Crippen LogP) is 3.47. The van der Waals surface area contributed by atoms with Crippen molar-refractivity contribution >= 4 is 6.09 Å². The Hall–Kier alpha value is -1.78. The summed E-state index contributed by atoms with van der Waals surface area (Å²) in [5.41, 5.74) is 1.54. The smallest absolute Gasteiger partial charge is 0.410 e. The summed E-state index contributed by atoms with van der Waals surface area (Å²) in [6.07, 6.45) is 3.46. The molecule has 1 atom stereocenters. The van der Waals surface area contributed by atoms with E-state index in [1.54, 1.807) is 18.2 Å². The topological polar surface area (TPSA) is 51.7 Å². The molecule has 0 aliphatic carbocycles. The Kier molecular flexibility index (Phi) is 4.40. The van der Waals surface area contributed by atoms with Crippen molar-refractivity contribution in [3.63, 3.8) is 0 Å². The Labute approximate surface area is 126 Å². The van der Waals surface area contributed by atoms with Gasteiger partial charge >= 0.3 is 6.09 Å². The summed E-state index contributed by atoms with van der Waals surface area (Å²) in [5.74, 6) is 0.626. The zero-order chi connectivity index (χ0) is 15.6. The average molecular weight is 292 g/mol. The largest absolute Gasteiger partial charge is 0.481 e. The van der Waals surface area contributed by atoms with Gasteiger partial charge in [-0.1, -0.05) is 0 Å². The van der Waals surface area contributed by atoms with Gasteiger partial charge in [-0.3, -0.25) is 0 Å². The molecule has 1 amide bonds. The van der Waals surface area contributed by atoms with Crippen molar-refractivity contribution in [1.82, 2.24) is 9.88 Å². The lowest BCUT2D eigenvalue weighted by Gasteiger charge is -2.28. The number of aryl methyl sites for hydroxylation is 1. The van der Waals surface area contributed by atoms with Crippen LogP contribution in [0.2, 0.25) is 0 Å². The minimum absolute atomic E-state index is 0.0388. The molecule has 5 heteroatoms. The molecule has 1 fully saturated rings. The average Bonchev–Trinajstić information content (AvgIpc) is 2.85. The third kappa shape index (κ3) is 3.65. The number of rotatable bonds is 2. The van der Waals surface area contributed by atoms with Gasteiger partial charge in [-0.2, -0.15) is 0 Å². The van der Waals surface area contributed by atoms with Gasteiger partial charge in [0.05, 0.1) is 13.2 Å². The molecule has 0 bridgehead atoms. The second-order valence-corrected chi connectivity index (χ2v) is 6.43. The van der Waals surface area contributed by atoms with Gasteiger partial charge in [-0.15, -0.1) is 0 Å². The molecule has 116 valence electrons. The fraction of sp³-hybridized carbons (Fsp3) is 0.625. The molecule has 1 aromatic rings. The summed E-state index contributed by atoms with van der Waals surface area (Å²) < 4.78 is 10.7. The lowest BCUT2D eigenvalue weighted by Crippen LogP contribution is -2.36. The molecule has 1 aliphatic heterocycles. The van der Waals surface area contributed by atoms with Crippen LogP contribution in [0.3, 0.4) is 0 Å². The molecule has 1 saturated heterocycles. The Balaban J connectivity index is 2.18. The number of hydrogen-bond acceptors (Lipinski definition) is 4. The maximum Gasteiger partial charge on any atom is 0.410 e. The lowest BCUT2D eigenvalue weighted by molar-refractivity contribution is 0.0224. The second-order valence-electron chi connectivity index (χ2n) is 6.43. The third-order valence-corrected chi connectivity index (χ3v) is 3.51. The molecule has 2 heterocycles. The second kappa shape index (κ2) is 5.92. The number of ether oxygens (including phenoxy) is 2. The zero-order valence-electron chi connectivity index (χ0n) is 13.5. The number of methoxy groups -OCH3 is 1. The minimum atomic E-state index is -0.474. The van der Waals surface area contributed by atoms with Crippen molar-refractivity contribution in [1.29, 1.82) is 0 Å². The van der Waals surface area contributed by atoms with Crippen LogP contribution in [0.1, 0.15) is 50.8 Å². The number of nitrogens with zero attached hydrogens (tertiary/aromatic N) is 2. The molecule has 5 nitrogen and oxygen atoms in total. The SMILES string of the molecule is COc1ncc(C2CCCN2C(=O)OC(C)(C)C)cc1C. The van der Waals surface area contributed by atoms with Crippen LogP contribution < -0.4 is 4.74 Å². The summed E-state index contributed by atoms with van der Waals surface area (Å²) in [6, 6.07) is 2.08. The summed E-state index contributed by atoms with van der Waals surface area (Å²) >= 11 is 0. The highest BCUT2D eigenvalue weighted by molar-refractivity contribution is 5.69. The molecular formula is C16H24N2O3. The molecule has 0 saturated carbocycles. The minimum Gasteiger partial charge on any atom is -0.481 e. The van der Waals surface area contributed by atoms with Crippen LogP contribution in [0, 0.1) is 6.92 Å². The van der Waals surface area contributed by atoms with Crippen molar-refractivity contribution in [3.05, 3.63) is 23.4 Å². The van der Waals surface area contributed by atoms with Crippen LogP contribution in [0.5, 0.6) is 5.88 Å². The fourth-order valence-electron chi connectivity index (χ4n) is 2.63. The van der Waals surface area contributed by atoms with Crippen LogP contribution >= 0.6 is 0 Å². The van der Waals surface area contributed by atoms with E-state index in [4.69, 9.17) is 9.47 Å². The van der Waals surface area contributed by atoms with Crippen molar-refractivity contribution in [2.45, 2.75) is 52.2 Å². The van der Waals surface area contributed by atoms with E-state index in [2.05, 4.69) is 4.98 Å². The van der Waals surface area contributed by atoms with Crippen LogP contribution in [0.15, 0.2) is 12.3 Å². The standard InChI is InChI=1S/C16H24N2O3/c1-11-9-12(10-17-14(11)20-5)13-7-6-8-18(13)15(19)21-16(2,3)4/h9-10,13H,6-8H2,1-5H3. The van der Waals surface area contributed by atoms with Crippen molar-refractivity contribution < 1.29 is 14.3 Å². The molecule has 0 radical (unpaired) electrons. The van der Waals surface area contributed by atoms with E-state index in [9.17, 15) is 4.79 Å². The first-order chi connectivity index (χ1) is 9.81. The monoisotopic (exact) mass is 292 g/mol. The van der Waals surface area contributed by atoms with Gasteiger partial charge in [0.25, 0.3) is 0 Å². The Bertz CT molecular complexity index is 523. The third-order valence-electron chi connectivity index (χ3n) is 3.51. The number of likely N-dealkylation sites (tertiary alicyclic amines) is 1. The number of aromatic nitrogens is 1. The van der Waals surface area contributed by atoms with E-state index in [-0.39, 0.29) is 12.1 Å². The summed E-state index contributed by atoms with van der Waals surface area (Å²) in [4.78, 5) is 18.4. The van der Waals surface area contributed by atoms with E-state index in [1.165, 1.54) is 0 Å². The first kappa shape index (κ1) is 15.6. The number of carbonyl (C=O) groups excluding carboxylic acids is 1. The normalized spacial score (nSPS) is 18.7. The van der Waals surface area contributed by atoms with Gasteiger partial charge in [0.15, 0.2) is 0 Å². The van der Waals surface area contributed by atoms with Crippen LogP contribution in [0.25, 0.3) is 0 Å². The van der Waals surface area contributed by atoms with Crippen LogP contribution in [0.4, 0.5) is 4.79 Å². The van der Waals surface area contributed by atoms with E-state index < -0.39 is 5.60 Å². The lowest BCUT2D eigenvalue weighted by atomic mass is 10.1. The molecule has 0 spiro atoms. The summed E-state index contributed by atoms with van der Waals surface area (Å²) in [6.45, 7) is 8.34. The van der Waals surface area contributed by atoms with E-state index >= 15 is 0 Å². The predicted molar refractivity (Wildman–Crippen MR) is 80.4 cm³/mol. The maximum absolute atomic E-state index is 12.3. The van der Waals surface area contributed by atoms with Gasteiger partial charge in [0.2, 0.25) is 5.88 Å². The molecule has 21 heavy (non-hydrogen) atoms. The van der Waals surface area contributed by atoms with Crippen molar-refractivity contribution in [2.75, 3.05) is 13.7 Å². The molecule has 1 aromatic heterocycles. The van der Waals surface area contributed by atoms with Gasteiger partial charge < -0.3 is 14.4 Å². The van der Waals surface area contributed by atoms with Crippen molar-refractivity contribution in [3.8, 4) is 5.88 Å². The zero-order valence-corrected chi connectivity index (χ0v) is 13.5. The number of hydrogen-bond donors (Lipinski definition) is 0. The van der Waals surface area contributed by atoms with E-state index in [0.717, 1.165) is 30.5 Å².